The lowest BCUT2D eigenvalue weighted by molar-refractivity contribution is 0.490. The Morgan fingerprint density at radius 2 is 0.531 bits per heavy atom. The molecule has 2 nitrogen and oxygen atoms in total. The Morgan fingerprint density at radius 1 is 0.284 bits per heavy atom. The van der Waals surface area contributed by atoms with E-state index < -0.39 is 0 Å². The Balaban J connectivity index is 0.751. The van der Waals surface area contributed by atoms with Crippen LogP contribution < -0.4 is 9.80 Å². The van der Waals surface area contributed by atoms with Crippen molar-refractivity contribution in [3.05, 3.63) is 284 Å². The number of hydrogen-bond donors (Lipinski definition) is 0. The maximum absolute atomic E-state index is 2.48. The number of hydrogen-bond acceptors (Lipinski definition) is 2. The van der Waals surface area contributed by atoms with Crippen LogP contribution >= 0.6 is 0 Å². The minimum absolute atomic E-state index is 0.0642. The van der Waals surface area contributed by atoms with Gasteiger partial charge in [0.15, 0.2) is 0 Å². The molecule has 10 aromatic carbocycles. The molecule has 10 aromatic rings. The molecule has 0 saturated heterocycles. The van der Waals surface area contributed by atoms with Gasteiger partial charge in [0.2, 0.25) is 0 Å². The molecule has 0 radical (unpaired) electrons. The number of fused-ring (bicyclic) bond motifs is 9. The minimum atomic E-state index is -0.172. The van der Waals surface area contributed by atoms with Crippen LogP contribution in [-0.2, 0) is 16.2 Å². The summed E-state index contributed by atoms with van der Waals surface area (Å²) in [6, 6.07) is 78.0. The zero-order valence-corrected chi connectivity index (χ0v) is 48.7. The van der Waals surface area contributed by atoms with E-state index in [1.165, 1.54) is 145 Å². The monoisotopic (exact) mass is 1050 g/mol. The predicted molar refractivity (Wildman–Crippen MR) is 347 cm³/mol. The Morgan fingerprint density at radius 3 is 0.815 bits per heavy atom. The van der Waals surface area contributed by atoms with E-state index in [-0.39, 0.29) is 16.2 Å². The van der Waals surface area contributed by atoms with Gasteiger partial charge in [-0.1, -0.05) is 199 Å². The van der Waals surface area contributed by atoms with Gasteiger partial charge in [0.1, 0.15) is 0 Å². The fraction of sp³-hybridized carbons (Fsp3) is 0.190. The van der Waals surface area contributed by atoms with Crippen molar-refractivity contribution >= 4 is 58.4 Å². The first-order valence-electron chi connectivity index (χ1n) is 29.2. The van der Waals surface area contributed by atoms with Gasteiger partial charge >= 0.3 is 0 Å². The molecule has 0 bridgehead atoms. The van der Waals surface area contributed by atoms with Crippen molar-refractivity contribution in [2.75, 3.05) is 9.80 Å². The lowest BCUT2D eigenvalue weighted by Gasteiger charge is -2.30. The summed E-state index contributed by atoms with van der Waals surface area (Å²) < 4.78 is 0. The third-order valence-electron chi connectivity index (χ3n) is 18.5. The summed E-state index contributed by atoms with van der Waals surface area (Å²) in [5.74, 6) is 0. The molecular formula is C79H72N2. The van der Waals surface area contributed by atoms with Crippen molar-refractivity contribution < 1.29 is 0 Å². The van der Waals surface area contributed by atoms with Crippen molar-refractivity contribution in [2.45, 2.75) is 98.3 Å². The highest BCUT2D eigenvalue weighted by Gasteiger charge is 2.41. The average Bonchev–Trinajstić information content (AvgIpc) is 3.37. The second-order valence-electron chi connectivity index (χ2n) is 24.4. The number of benzene rings is 10. The van der Waals surface area contributed by atoms with Crippen LogP contribution in [0, 0.1) is 27.7 Å². The molecule has 0 heterocycles. The SMILES string of the molecule is CCC1(CC)c2cc(C=Cc3ccc4c(c3)C(C)(C)c3cc(N(c5cccc(C)c5)c5cccc(C)c5)ccc3-4)ccc2-c2ccc(C=Cc3ccc4c(c3)C(C)(C)c3cc(N(c5cccc(C)c5)c5cccc(C)c5)ccc3-4)cc21. The quantitative estimate of drug-likeness (QED) is 0.113. The first-order chi connectivity index (χ1) is 39.1. The Labute approximate surface area is 481 Å². The second-order valence-corrected chi connectivity index (χ2v) is 24.4. The molecule has 0 spiro atoms. The molecule has 398 valence electrons. The van der Waals surface area contributed by atoms with Gasteiger partial charge in [-0.2, -0.15) is 0 Å². The van der Waals surface area contributed by atoms with Crippen LogP contribution in [0.25, 0.3) is 57.7 Å². The van der Waals surface area contributed by atoms with Crippen molar-refractivity contribution in [2.24, 2.45) is 0 Å². The summed E-state index contributed by atoms with van der Waals surface area (Å²) in [5.41, 5.74) is 32.9. The summed E-state index contributed by atoms with van der Waals surface area (Å²) in [6.07, 6.45) is 11.4. The molecule has 13 rings (SSSR count). The van der Waals surface area contributed by atoms with Gasteiger partial charge in [-0.3, -0.25) is 0 Å². The van der Waals surface area contributed by atoms with E-state index in [9.17, 15) is 0 Å². The smallest absolute Gasteiger partial charge is 0.0465 e. The highest BCUT2D eigenvalue weighted by molar-refractivity contribution is 5.90. The topological polar surface area (TPSA) is 6.48 Å². The summed E-state index contributed by atoms with van der Waals surface area (Å²) >= 11 is 0. The Kier molecular flexibility index (Phi) is 12.7. The van der Waals surface area contributed by atoms with Crippen LogP contribution in [0.1, 0.15) is 132 Å². The number of rotatable bonds is 12. The molecule has 0 aromatic heterocycles. The first kappa shape index (κ1) is 51.7. The molecule has 0 aliphatic heterocycles. The Hall–Kier alpha value is -8.72. The highest BCUT2D eigenvalue weighted by Crippen LogP contribution is 2.55. The minimum Gasteiger partial charge on any atom is -0.310 e. The molecule has 0 amide bonds. The van der Waals surface area contributed by atoms with Gasteiger partial charge in [-0.15, -0.1) is 0 Å². The van der Waals surface area contributed by atoms with E-state index in [2.05, 4.69) is 310 Å². The molecule has 0 N–H and O–H groups in total. The second kappa shape index (κ2) is 19.8. The van der Waals surface area contributed by atoms with Crippen LogP contribution in [0.5, 0.6) is 0 Å². The number of nitrogens with zero attached hydrogens (tertiary/aromatic N) is 2. The van der Waals surface area contributed by atoms with Gasteiger partial charge in [0, 0.05) is 50.4 Å². The third kappa shape index (κ3) is 8.79. The lowest BCUT2D eigenvalue weighted by Crippen LogP contribution is -2.23. The maximum Gasteiger partial charge on any atom is 0.0465 e. The van der Waals surface area contributed by atoms with Crippen LogP contribution in [0.15, 0.2) is 206 Å². The van der Waals surface area contributed by atoms with Crippen molar-refractivity contribution in [3.8, 4) is 33.4 Å². The van der Waals surface area contributed by atoms with E-state index in [1.807, 2.05) is 0 Å². The van der Waals surface area contributed by atoms with Gasteiger partial charge in [-0.25, -0.2) is 0 Å². The van der Waals surface area contributed by atoms with Crippen LogP contribution in [0.4, 0.5) is 34.1 Å². The van der Waals surface area contributed by atoms with Gasteiger partial charge < -0.3 is 9.80 Å². The normalized spacial score (nSPS) is 14.6. The van der Waals surface area contributed by atoms with Crippen molar-refractivity contribution in [1.82, 2.24) is 0 Å². The summed E-state index contributed by atoms with van der Waals surface area (Å²) in [4.78, 5) is 4.81. The van der Waals surface area contributed by atoms with E-state index >= 15 is 0 Å². The van der Waals surface area contributed by atoms with E-state index in [1.54, 1.807) is 0 Å². The molecule has 2 heteroatoms. The molecule has 0 fully saturated rings. The zero-order chi connectivity index (χ0) is 56.0. The van der Waals surface area contributed by atoms with E-state index in [4.69, 9.17) is 0 Å². The van der Waals surface area contributed by atoms with Crippen LogP contribution in [0.2, 0.25) is 0 Å². The fourth-order valence-corrected chi connectivity index (χ4v) is 14.1. The summed E-state index contributed by atoms with van der Waals surface area (Å²) in [5, 5.41) is 0. The van der Waals surface area contributed by atoms with Crippen molar-refractivity contribution in [3.63, 3.8) is 0 Å². The van der Waals surface area contributed by atoms with Gasteiger partial charge in [0.25, 0.3) is 0 Å². The first-order valence-corrected chi connectivity index (χ1v) is 29.2. The summed E-state index contributed by atoms with van der Waals surface area (Å²) in [7, 11) is 0. The largest absolute Gasteiger partial charge is 0.310 e. The standard InChI is InChI=1S/C79H72N2/c1-11-79(12-2)75-47-57(27-25-55-29-35-65-67-39-33-63(49-73(67)77(7,8)71(65)45-55)80(59-21-13-17-51(3)41-59)60-22-14-18-52(4)42-60)31-37-69(75)70-38-32-58(48-76(70)79)28-26-56-30-36-66-68-40-34-64(50-74(68)78(9,10)72(66)46-56)81(61-23-15-19-53(5)43-61)62-24-16-20-54(6)44-62/h13-50H,11-12H2,1-10H3. The molecule has 0 atom stereocenters. The molecule has 81 heavy (non-hydrogen) atoms. The zero-order valence-electron chi connectivity index (χ0n) is 48.7. The third-order valence-corrected chi connectivity index (χ3v) is 18.5. The van der Waals surface area contributed by atoms with E-state index in [0.29, 0.717) is 0 Å². The molecular weight excluding hydrogens is 977 g/mol. The number of anilines is 6. The lowest BCUT2D eigenvalue weighted by atomic mass is 9.73. The molecule has 0 saturated carbocycles. The summed E-state index contributed by atoms with van der Waals surface area (Å²) in [6.45, 7) is 23.0. The average molecular weight is 1050 g/mol. The Bertz CT molecular complexity index is 3850. The fourth-order valence-electron chi connectivity index (χ4n) is 14.1. The van der Waals surface area contributed by atoms with Crippen molar-refractivity contribution in [1.29, 1.82) is 0 Å². The highest BCUT2D eigenvalue weighted by atomic mass is 15.1. The maximum atomic E-state index is 2.48. The number of aryl methyl sites for hydroxylation is 4. The van der Waals surface area contributed by atoms with Gasteiger partial charge in [-0.05, 0) is 225 Å². The van der Waals surface area contributed by atoms with E-state index in [0.717, 1.165) is 12.8 Å². The van der Waals surface area contributed by atoms with Gasteiger partial charge in [0.05, 0.1) is 0 Å². The molecule has 0 unspecified atom stereocenters. The molecule has 3 aliphatic rings. The molecule has 3 aliphatic carbocycles. The van der Waals surface area contributed by atoms with Crippen LogP contribution in [-0.4, -0.2) is 0 Å². The van der Waals surface area contributed by atoms with Crippen LogP contribution in [0.3, 0.4) is 0 Å². The predicted octanol–water partition coefficient (Wildman–Crippen LogP) is 21.9.